The summed E-state index contributed by atoms with van der Waals surface area (Å²) in [5.74, 6) is -0.406. The molecule has 2 atom stereocenters. The van der Waals surface area contributed by atoms with Crippen molar-refractivity contribution in [1.29, 1.82) is 0 Å². The fraction of sp³-hybridized carbons (Fsp3) is 0.286. The van der Waals surface area contributed by atoms with Crippen LogP contribution in [0.25, 0.3) is 0 Å². The summed E-state index contributed by atoms with van der Waals surface area (Å²) < 4.78 is 0.903. The summed E-state index contributed by atoms with van der Waals surface area (Å²) in [5, 5.41) is 3.93. The first-order valence-electron chi connectivity index (χ1n) is 11.6. The van der Waals surface area contributed by atoms with E-state index in [0.29, 0.717) is 22.0 Å². The molecule has 7 heteroatoms. The molecule has 0 saturated heterocycles. The molecule has 0 aliphatic rings. The van der Waals surface area contributed by atoms with Crippen LogP contribution in [0, 0.1) is 0 Å². The van der Waals surface area contributed by atoms with E-state index in [1.54, 1.807) is 23.1 Å². The molecule has 0 fully saturated rings. The van der Waals surface area contributed by atoms with Gasteiger partial charge in [-0.1, -0.05) is 94.6 Å². The Kier molecular flexibility index (Phi) is 10.2. The molecular weight excluding hydrogens is 547 g/mol. The van der Waals surface area contributed by atoms with Gasteiger partial charge in [-0.15, -0.1) is 0 Å². The number of hydrogen-bond acceptors (Lipinski definition) is 2. The monoisotopic (exact) mass is 574 g/mol. The number of rotatable bonds is 10. The van der Waals surface area contributed by atoms with Crippen LogP contribution in [0.4, 0.5) is 0 Å². The van der Waals surface area contributed by atoms with Gasteiger partial charge in [0.15, 0.2) is 0 Å². The van der Waals surface area contributed by atoms with Crippen molar-refractivity contribution < 1.29 is 9.59 Å². The van der Waals surface area contributed by atoms with Gasteiger partial charge < -0.3 is 10.2 Å². The van der Waals surface area contributed by atoms with E-state index in [1.807, 2.05) is 68.4 Å². The van der Waals surface area contributed by atoms with Crippen molar-refractivity contribution in [1.82, 2.24) is 10.2 Å². The average molecular weight is 576 g/mol. The molecule has 35 heavy (non-hydrogen) atoms. The number of carbonyl (C=O) groups excluding carboxylic acids is 2. The van der Waals surface area contributed by atoms with Gasteiger partial charge in [-0.05, 0) is 54.3 Å². The van der Waals surface area contributed by atoms with Gasteiger partial charge in [0, 0.05) is 33.5 Å². The lowest BCUT2D eigenvalue weighted by atomic mass is 10.0. The van der Waals surface area contributed by atoms with Crippen molar-refractivity contribution in [3.63, 3.8) is 0 Å². The van der Waals surface area contributed by atoms with Gasteiger partial charge in [0.1, 0.15) is 6.04 Å². The first-order chi connectivity index (χ1) is 16.8. The predicted molar refractivity (Wildman–Crippen MR) is 147 cm³/mol. The summed E-state index contributed by atoms with van der Waals surface area (Å²) >= 11 is 16.3. The fourth-order valence-corrected chi connectivity index (χ4v) is 4.76. The minimum atomic E-state index is -0.709. The van der Waals surface area contributed by atoms with Crippen LogP contribution in [0.3, 0.4) is 0 Å². The van der Waals surface area contributed by atoms with Crippen LogP contribution in [0.15, 0.2) is 77.3 Å². The summed E-state index contributed by atoms with van der Waals surface area (Å²) in [6.07, 6.45) is 1.17. The van der Waals surface area contributed by atoms with E-state index in [9.17, 15) is 9.59 Å². The van der Waals surface area contributed by atoms with E-state index in [4.69, 9.17) is 23.2 Å². The third kappa shape index (κ3) is 7.83. The summed E-state index contributed by atoms with van der Waals surface area (Å²) in [7, 11) is 0. The Bertz CT molecular complexity index is 1140. The van der Waals surface area contributed by atoms with Crippen molar-refractivity contribution in [2.75, 3.05) is 0 Å². The van der Waals surface area contributed by atoms with E-state index >= 15 is 0 Å². The Balaban J connectivity index is 2.01. The van der Waals surface area contributed by atoms with Crippen LogP contribution in [0.5, 0.6) is 0 Å². The number of nitrogens with zero attached hydrogens (tertiary/aromatic N) is 1. The third-order valence-corrected chi connectivity index (χ3v) is 7.11. The van der Waals surface area contributed by atoms with Crippen LogP contribution >= 0.6 is 39.1 Å². The van der Waals surface area contributed by atoms with Crippen LogP contribution < -0.4 is 5.32 Å². The molecule has 0 spiro atoms. The first-order valence-corrected chi connectivity index (χ1v) is 13.1. The second-order valence-corrected chi connectivity index (χ2v) is 10.3. The van der Waals surface area contributed by atoms with Crippen molar-refractivity contribution in [3.8, 4) is 0 Å². The zero-order chi connectivity index (χ0) is 25.4. The van der Waals surface area contributed by atoms with Gasteiger partial charge in [-0.2, -0.15) is 0 Å². The van der Waals surface area contributed by atoms with Gasteiger partial charge >= 0.3 is 0 Å². The Hall–Kier alpha value is -2.34. The van der Waals surface area contributed by atoms with Crippen LogP contribution in [0.2, 0.25) is 10.0 Å². The Labute approximate surface area is 225 Å². The number of carbonyl (C=O) groups is 2. The van der Waals surface area contributed by atoms with E-state index in [2.05, 4.69) is 21.2 Å². The molecule has 4 nitrogen and oxygen atoms in total. The minimum absolute atomic E-state index is 0.00554. The Morgan fingerprint density at radius 2 is 1.57 bits per heavy atom. The van der Waals surface area contributed by atoms with Gasteiger partial charge in [-0.3, -0.25) is 9.59 Å². The summed E-state index contributed by atoms with van der Waals surface area (Å²) in [6, 6.07) is 21.9. The quantitative estimate of drug-likeness (QED) is 0.287. The summed E-state index contributed by atoms with van der Waals surface area (Å²) in [4.78, 5) is 29.0. The molecule has 0 saturated carbocycles. The largest absolute Gasteiger partial charge is 0.352 e. The zero-order valence-electron chi connectivity index (χ0n) is 19.8. The van der Waals surface area contributed by atoms with Crippen molar-refractivity contribution in [3.05, 3.63) is 104 Å². The maximum absolute atomic E-state index is 13.8. The van der Waals surface area contributed by atoms with Gasteiger partial charge in [-0.25, -0.2) is 0 Å². The summed E-state index contributed by atoms with van der Waals surface area (Å²) in [5.41, 5.74) is 2.44. The molecule has 2 amide bonds. The molecule has 0 aromatic heterocycles. The highest BCUT2D eigenvalue weighted by atomic mass is 79.9. The van der Waals surface area contributed by atoms with Gasteiger partial charge in [0.05, 0.1) is 6.42 Å². The number of nitrogens with one attached hydrogen (secondary N) is 1. The van der Waals surface area contributed by atoms with E-state index in [-0.39, 0.29) is 30.8 Å². The molecule has 0 bridgehead atoms. The molecule has 0 unspecified atom stereocenters. The van der Waals surface area contributed by atoms with Crippen LogP contribution in [-0.2, 0) is 29.0 Å². The molecule has 3 aromatic carbocycles. The van der Waals surface area contributed by atoms with Crippen LogP contribution in [0.1, 0.15) is 37.0 Å². The van der Waals surface area contributed by atoms with Gasteiger partial charge in [0.2, 0.25) is 11.8 Å². The average Bonchev–Trinajstić information content (AvgIpc) is 2.84. The maximum Gasteiger partial charge on any atom is 0.243 e. The summed E-state index contributed by atoms with van der Waals surface area (Å²) in [6.45, 7) is 4.24. The molecule has 3 aromatic rings. The minimum Gasteiger partial charge on any atom is -0.352 e. The SMILES string of the molecule is CC[C@@H](C)NC(=O)[C@H](Cc1ccccc1)N(Cc1cccc(Br)c1)C(=O)Cc1c(Cl)cccc1Cl. The van der Waals surface area contributed by atoms with Crippen molar-refractivity contribution in [2.24, 2.45) is 0 Å². The lowest BCUT2D eigenvalue weighted by Crippen LogP contribution is -2.52. The van der Waals surface area contributed by atoms with E-state index in [0.717, 1.165) is 22.0 Å². The molecule has 0 radical (unpaired) electrons. The Morgan fingerprint density at radius 3 is 2.20 bits per heavy atom. The number of hydrogen-bond donors (Lipinski definition) is 1. The Morgan fingerprint density at radius 1 is 0.943 bits per heavy atom. The van der Waals surface area contributed by atoms with E-state index < -0.39 is 6.04 Å². The molecule has 0 heterocycles. The fourth-order valence-electron chi connectivity index (χ4n) is 3.78. The molecule has 1 N–H and O–H groups in total. The van der Waals surface area contributed by atoms with Crippen molar-refractivity contribution >= 4 is 50.9 Å². The second kappa shape index (κ2) is 13.1. The molecule has 184 valence electrons. The normalized spacial score (nSPS) is 12.6. The molecule has 3 rings (SSSR count). The smallest absolute Gasteiger partial charge is 0.243 e. The maximum atomic E-state index is 13.8. The number of amides is 2. The third-order valence-electron chi connectivity index (χ3n) is 5.90. The molecular formula is C28H29BrCl2N2O2. The lowest BCUT2D eigenvalue weighted by molar-refractivity contribution is -0.141. The second-order valence-electron chi connectivity index (χ2n) is 8.55. The highest BCUT2D eigenvalue weighted by Crippen LogP contribution is 2.26. The molecule has 0 aliphatic heterocycles. The van der Waals surface area contributed by atoms with Crippen molar-refractivity contribution in [2.45, 2.75) is 51.7 Å². The standard InChI is InChI=1S/C28H29BrCl2N2O2/c1-3-19(2)32-28(35)26(16-20-9-5-4-6-10-20)33(18-21-11-7-12-22(29)15-21)27(34)17-23-24(30)13-8-14-25(23)31/h4-15,19,26H,3,16-18H2,1-2H3,(H,32,35)/t19-,26+/m1/s1. The van der Waals surface area contributed by atoms with Crippen LogP contribution in [-0.4, -0.2) is 28.8 Å². The first kappa shape index (κ1) is 27.3. The van der Waals surface area contributed by atoms with Gasteiger partial charge in [0.25, 0.3) is 0 Å². The highest BCUT2D eigenvalue weighted by molar-refractivity contribution is 9.10. The number of halogens is 3. The number of benzene rings is 3. The predicted octanol–water partition coefficient (Wildman–Crippen LogP) is 6.85. The molecule has 0 aliphatic carbocycles. The topological polar surface area (TPSA) is 49.4 Å². The highest BCUT2D eigenvalue weighted by Gasteiger charge is 2.31. The van der Waals surface area contributed by atoms with E-state index in [1.165, 1.54) is 0 Å². The lowest BCUT2D eigenvalue weighted by Gasteiger charge is -2.32. The zero-order valence-corrected chi connectivity index (χ0v) is 22.9.